The Kier molecular flexibility index (Phi) is 4.44. The van der Waals surface area contributed by atoms with E-state index in [0.717, 1.165) is 5.75 Å². The maximum absolute atomic E-state index is 6.04. The molecule has 18 heavy (non-hydrogen) atoms. The van der Waals surface area contributed by atoms with Gasteiger partial charge >= 0.3 is 0 Å². The molecule has 0 saturated carbocycles. The lowest BCUT2D eigenvalue weighted by Gasteiger charge is -2.30. The van der Waals surface area contributed by atoms with Crippen molar-refractivity contribution < 1.29 is 4.74 Å². The Bertz CT molecular complexity index is 385. The summed E-state index contributed by atoms with van der Waals surface area (Å²) in [6.45, 7) is 13.6. The zero-order valence-electron chi connectivity index (χ0n) is 12.6. The van der Waals surface area contributed by atoms with Crippen LogP contribution >= 0.6 is 0 Å². The van der Waals surface area contributed by atoms with Gasteiger partial charge in [-0.15, -0.1) is 0 Å². The fraction of sp³-hybridized carbons (Fsp3) is 0.625. The van der Waals surface area contributed by atoms with Crippen molar-refractivity contribution in [1.29, 1.82) is 0 Å². The molecule has 0 aliphatic rings. The molecule has 0 radical (unpaired) electrons. The van der Waals surface area contributed by atoms with Crippen molar-refractivity contribution >= 4 is 0 Å². The SMILES string of the molecule is CC(C)(C)c1cccc(OC(CN)C(C)(C)C)c1. The van der Waals surface area contributed by atoms with E-state index >= 15 is 0 Å². The Hall–Kier alpha value is -1.02. The quantitative estimate of drug-likeness (QED) is 0.885. The van der Waals surface area contributed by atoms with Crippen molar-refractivity contribution in [2.24, 2.45) is 11.1 Å². The largest absolute Gasteiger partial charge is 0.489 e. The maximum atomic E-state index is 6.04. The maximum Gasteiger partial charge on any atom is 0.120 e. The second kappa shape index (κ2) is 5.31. The molecule has 1 aromatic rings. The summed E-state index contributed by atoms with van der Waals surface area (Å²) in [5, 5.41) is 0. The molecule has 0 aromatic heterocycles. The van der Waals surface area contributed by atoms with Gasteiger partial charge < -0.3 is 10.5 Å². The number of nitrogens with two attached hydrogens (primary N) is 1. The highest BCUT2D eigenvalue weighted by Gasteiger charge is 2.25. The summed E-state index contributed by atoms with van der Waals surface area (Å²) in [5.74, 6) is 0.910. The van der Waals surface area contributed by atoms with Gasteiger partial charge in [0.2, 0.25) is 0 Å². The van der Waals surface area contributed by atoms with E-state index in [2.05, 4.69) is 53.7 Å². The Balaban J connectivity index is 2.92. The van der Waals surface area contributed by atoms with Gasteiger partial charge in [-0.3, -0.25) is 0 Å². The monoisotopic (exact) mass is 249 g/mol. The molecule has 0 saturated heterocycles. The van der Waals surface area contributed by atoms with Gasteiger partial charge in [0.15, 0.2) is 0 Å². The first-order valence-electron chi connectivity index (χ1n) is 6.62. The second-order valence-corrected chi connectivity index (χ2v) is 6.99. The van der Waals surface area contributed by atoms with Crippen molar-refractivity contribution in [3.05, 3.63) is 29.8 Å². The third-order valence-corrected chi connectivity index (χ3v) is 3.16. The number of hydrogen-bond donors (Lipinski definition) is 1. The van der Waals surface area contributed by atoms with Crippen LogP contribution in [0.15, 0.2) is 24.3 Å². The summed E-state index contributed by atoms with van der Waals surface area (Å²) >= 11 is 0. The molecular weight excluding hydrogens is 222 g/mol. The Morgan fingerprint density at radius 2 is 1.72 bits per heavy atom. The van der Waals surface area contributed by atoms with E-state index < -0.39 is 0 Å². The molecule has 0 amide bonds. The van der Waals surface area contributed by atoms with Crippen molar-refractivity contribution in [3.8, 4) is 5.75 Å². The van der Waals surface area contributed by atoms with Gasteiger partial charge in [0, 0.05) is 12.0 Å². The van der Waals surface area contributed by atoms with Gasteiger partial charge in [-0.1, -0.05) is 53.7 Å². The minimum Gasteiger partial charge on any atom is -0.489 e. The molecule has 0 bridgehead atoms. The molecule has 2 N–H and O–H groups in total. The minimum atomic E-state index is 0.0349. The van der Waals surface area contributed by atoms with Gasteiger partial charge in [0.1, 0.15) is 11.9 Å². The first-order valence-corrected chi connectivity index (χ1v) is 6.62. The van der Waals surface area contributed by atoms with Gasteiger partial charge in [-0.2, -0.15) is 0 Å². The van der Waals surface area contributed by atoms with Crippen molar-refractivity contribution in [2.75, 3.05) is 6.54 Å². The number of benzene rings is 1. The zero-order valence-corrected chi connectivity index (χ0v) is 12.6. The standard InChI is InChI=1S/C16H27NO/c1-15(2,3)12-8-7-9-13(10-12)18-14(11-17)16(4,5)6/h7-10,14H,11,17H2,1-6H3. The average molecular weight is 249 g/mol. The molecule has 0 aliphatic carbocycles. The third kappa shape index (κ3) is 4.02. The van der Waals surface area contributed by atoms with Crippen molar-refractivity contribution in [1.82, 2.24) is 0 Å². The van der Waals surface area contributed by atoms with Crippen LogP contribution in [0.2, 0.25) is 0 Å². The molecule has 1 unspecified atom stereocenters. The fourth-order valence-electron chi connectivity index (χ4n) is 1.78. The Labute approximate surface area is 112 Å². The van der Waals surface area contributed by atoms with E-state index in [1.165, 1.54) is 5.56 Å². The molecule has 102 valence electrons. The lowest BCUT2D eigenvalue weighted by molar-refractivity contribution is 0.0940. The zero-order chi connectivity index (χ0) is 14.0. The number of ether oxygens (including phenoxy) is 1. The molecule has 0 aliphatic heterocycles. The minimum absolute atomic E-state index is 0.0349. The number of rotatable bonds is 3. The highest BCUT2D eigenvalue weighted by atomic mass is 16.5. The normalized spacial score (nSPS) is 14.4. The Morgan fingerprint density at radius 1 is 1.11 bits per heavy atom. The van der Waals surface area contributed by atoms with Crippen LogP contribution in [0.25, 0.3) is 0 Å². The highest BCUT2D eigenvalue weighted by Crippen LogP contribution is 2.28. The van der Waals surface area contributed by atoms with Crippen molar-refractivity contribution in [2.45, 2.75) is 53.1 Å². The summed E-state index contributed by atoms with van der Waals surface area (Å²) in [7, 11) is 0. The lowest BCUT2D eigenvalue weighted by Crippen LogP contribution is -2.38. The predicted molar refractivity (Wildman–Crippen MR) is 78.1 cm³/mol. The molecule has 0 fully saturated rings. The fourth-order valence-corrected chi connectivity index (χ4v) is 1.78. The van der Waals surface area contributed by atoms with Gasteiger partial charge in [0.05, 0.1) is 0 Å². The lowest BCUT2D eigenvalue weighted by atomic mass is 9.87. The van der Waals surface area contributed by atoms with Crippen LogP contribution < -0.4 is 10.5 Å². The molecule has 1 rings (SSSR count). The molecule has 1 atom stereocenters. The van der Waals surface area contributed by atoms with E-state index in [1.54, 1.807) is 0 Å². The first kappa shape index (κ1) is 15.0. The van der Waals surface area contributed by atoms with Crippen LogP contribution in [0.1, 0.15) is 47.1 Å². The van der Waals surface area contributed by atoms with Crippen molar-refractivity contribution in [3.63, 3.8) is 0 Å². The van der Waals surface area contributed by atoms with Crippen LogP contribution in [0.5, 0.6) is 5.75 Å². The smallest absolute Gasteiger partial charge is 0.120 e. The average Bonchev–Trinajstić information content (AvgIpc) is 2.23. The summed E-state index contributed by atoms with van der Waals surface area (Å²) in [6.07, 6.45) is 0.0349. The van der Waals surface area contributed by atoms with Gasteiger partial charge in [-0.25, -0.2) is 0 Å². The molecule has 0 heterocycles. The predicted octanol–water partition coefficient (Wildman–Crippen LogP) is 3.74. The summed E-state index contributed by atoms with van der Waals surface area (Å²) < 4.78 is 6.04. The van der Waals surface area contributed by atoms with E-state index in [0.29, 0.717) is 6.54 Å². The topological polar surface area (TPSA) is 35.2 Å². The molecule has 2 heteroatoms. The summed E-state index contributed by atoms with van der Waals surface area (Å²) in [6, 6.07) is 8.31. The van der Waals surface area contributed by atoms with Crippen LogP contribution in [0.3, 0.4) is 0 Å². The van der Waals surface area contributed by atoms with E-state index in [1.807, 2.05) is 12.1 Å². The van der Waals surface area contributed by atoms with Crippen LogP contribution in [-0.2, 0) is 5.41 Å². The molecule has 2 nitrogen and oxygen atoms in total. The molecule has 1 aromatic carbocycles. The van der Waals surface area contributed by atoms with E-state index in [9.17, 15) is 0 Å². The van der Waals surface area contributed by atoms with E-state index in [-0.39, 0.29) is 16.9 Å². The van der Waals surface area contributed by atoms with Gasteiger partial charge in [-0.05, 0) is 23.1 Å². The summed E-state index contributed by atoms with van der Waals surface area (Å²) in [5.41, 5.74) is 7.27. The second-order valence-electron chi connectivity index (χ2n) is 6.99. The summed E-state index contributed by atoms with van der Waals surface area (Å²) in [4.78, 5) is 0. The third-order valence-electron chi connectivity index (χ3n) is 3.16. The van der Waals surface area contributed by atoms with Crippen LogP contribution in [0, 0.1) is 5.41 Å². The van der Waals surface area contributed by atoms with Gasteiger partial charge in [0.25, 0.3) is 0 Å². The highest BCUT2D eigenvalue weighted by molar-refractivity contribution is 5.32. The number of hydrogen-bond acceptors (Lipinski definition) is 2. The molecule has 0 spiro atoms. The van der Waals surface area contributed by atoms with Crippen LogP contribution in [0.4, 0.5) is 0 Å². The first-order chi connectivity index (χ1) is 8.14. The van der Waals surface area contributed by atoms with Crippen LogP contribution in [-0.4, -0.2) is 12.6 Å². The molecular formula is C16H27NO. The van der Waals surface area contributed by atoms with E-state index in [4.69, 9.17) is 10.5 Å². The Morgan fingerprint density at radius 3 is 2.17 bits per heavy atom.